The fourth-order valence-corrected chi connectivity index (χ4v) is 2.13. The van der Waals surface area contributed by atoms with E-state index in [0.717, 1.165) is 0 Å². The largest absolute Gasteiger partial charge is 0.497 e. The van der Waals surface area contributed by atoms with E-state index in [1.165, 1.54) is 17.0 Å². The van der Waals surface area contributed by atoms with Crippen LogP contribution in [0.5, 0.6) is 5.75 Å². The maximum atomic E-state index is 13.7. The molecule has 0 aliphatic rings. The average Bonchev–Trinajstić information content (AvgIpc) is 2.48. The van der Waals surface area contributed by atoms with Crippen LogP contribution in [-0.4, -0.2) is 20.1 Å². The zero-order valence-electron chi connectivity index (χ0n) is 11.1. The molecule has 2 aromatic carbocycles. The summed E-state index contributed by atoms with van der Waals surface area (Å²) >= 11 is 3.23. The van der Waals surface area contributed by atoms with E-state index < -0.39 is 11.7 Å². The van der Waals surface area contributed by atoms with Crippen LogP contribution in [0.3, 0.4) is 0 Å². The van der Waals surface area contributed by atoms with Crippen LogP contribution in [0.25, 0.3) is 0 Å². The van der Waals surface area contributed by atoms with Crippen LogP contribution in [0.15, 0.2) is 46.9 Å². The normalized spacial score (nSPS) is 10.2. The predicted molar refractivity (Wildman–Crippen MR) is 79.8 cm³/mol. The van der Waals surface area contributed by atoms with E-state index in [1.807, 2.05) is 0 Å². The second-order valence-electron chi connectivity index (χ2n) is 4.19. The van der Waals surface area contributed by atoms with Crippen LogP contribution in [0.4, 0.5) is 10.1 Å². The van der Waals surface area contributed by atoms with Gasteiger partial charge in [-0.1, -0.05) is 15.9 Å². The zero-order valence-corrected chi connectivity index (χ0v) is 12.6. The van der Waals surface area contributed by atoms with E-state index >= 15 is 0 Å². The molecule has 104 valence electrons. The maximum absolute atomic E-state index is 13.7. The van der Waals surface area contributed by atoms with Crippen molar-refractivity contribution in [3.63, 3.8) is 0 Å². The lowest BCUT2D eigenvalue weighted by atomic mass is 10.1. The number of carbonyl (C=O) groups is 1. The minimum atomic E-state index is -0.543. The summed E-state index contributed by atoms with van der Waals surface area (Å²) in [6.07, 6.45) is 0. The lowest BCUT2D eigenvalue weighted by Gasteiger charge is -2.18. The Morgan fingerprint density at radius 1 is 1.20 bits per heavy atom. The summed E-state index contributed by atoms with van der Waals surface area (Å²) in [5, 5.41) is 0. The molecule has 0 aliphatic carbocycles. The number of halogens is 2. The molecule has 0 bridgehead atoms. The van der Waals surface area contributed by atoms with Gasteiger partial charge in [-0.3, -0.25) is 4.79 Å². The highest BCUT2D eigenvalue weighted by molar-refractivity contribution is 9.10. The Hall–Kier alpha value is -1.88. The van der Waals surface area contributed by atoms with E-state index in [2.05, 4.69) is 15.9 Å². The van der Waals surface area contributed by atoms with Crippen LogP contribution in [-0.2, 0) is 0 Å². The van der Waals surface area contributed by atoms with Crippen molar-refractivity contribution in [1.82, 2.24) is 0 Å². The Bertz CT molecular complexity index is 628. The van der Waals surface area contributed by atoms with Gasteiger partial charge in [0.25, 0.3) is 5.91 Å². The fourth-order valence-electron chi connectivity index (χ4n) is 1.77. The molecular weight excluding hydrogens is 325 g/mol. The third-order valence-electron chi connectivity index (χ3n) is 2.92. The molecule has 2 rings (SSSR count). The van der Waals surface area contributed by atoms with Crippen LogP contribution < -0.4 is 9.64 Å². The SMILES string of the molecule is COc1ccc(N(C)C(=O)c2cc(Br)ccc2F)cc1. The second-order valence-corrected chi connectivity index (χ2v) is 5.10. The summed E-state index contributed by atoms with van der Waals surface area (Å²) in [7, 11) is 3.17. The highest BCUT2D eigenvalue weighted by Crippen LogP contribution is 2.22. The topological polar surface area (TPSA) is 29.5 Å². The quantitative estimate of drug-likeness (QED) is 0.850. The molecule has 0 aromatic heterocycles. The molecule has 0 saturated carbocycles. The van der Waals surface area contributed by atoms with Crippen molar-refractivity contribution >= 4 is 27.5 Å². The van der Waals surface area contributed by atoms with Gasteiger partial charge >= 0.3 is 0 Å². The van der Waals surface area contributed by atoms with Gasteiger partial charge in [-0.2, -0.15) is 0 Å². The molecule has 0 aliphatic heterocycles. The third-order valence-corrected chi connectivity index (χ3v) is 3.42. The average molecular weight is 338 g/mol. The summed E-state index contributed by atoms with van der Waals surface area (Å²) in [5.41, 5.74) is 0.688. The molecule has 0 saturated heterocycles. The second kappa shape index (κ2) is 6.05. The fraction of sp³-hybridized carbons (Fsp3) is 0.133. The van der Waals surface area contributed by atoms with Gasteiger partial charge in [-0.25, -0.2) is 4.39 Å². The first-order valence-corrected chi connectivity index (χ1v) is 6.69. The van der Waals surface area contributed by atoms with Crippen LogP contribution in [0.1, 0.15) is 10.4 Å². The van der Waals surface area contributed by atoms with Crippen LogP contribution in [0.2, 0.25) is 0 Å². The first-order chi connectivity index (χ1) is 9.52. The standard InChI is InChI=1S/C15H13BrFNO2/c1-18(11-4-6-12(20-2)7-5-11)15(19)13-9-10(16)3-8-14(13)17/h3-9H,1-2H3. The van der Waals surface area contributed by atoms with Gasteiger partial charge in [0.15, 0.2) is 0 Å². The molecule has 0 spiro atoms. The van der Waals surface area contributed by atoms with Crippen molar-refractivity contribution in [2.24, 2.45) is 0 Å². The number of anilines is 1. The zero-order chi connectivity index (χ0) is 14.7. The summed E-state index contributed by atoms with van der Waals surface area (Å²) in [6, 6.07) is 11.3. The predicted octanol–water partition coefficient (Wildman–Crippen LogP) is 3.87. The van der Waals surface area contributed by atoms with Crippen molar-refractivity contribution in [3.05, 3.63) is 58.3 Å². The van der Waals surface area contributed by atoms with Crippen molar-refractivity contribution in [2.75, 3.05) is 19.1 Å². The van der Waals surface area contributed by atoms with E-state index in [-0.39, 0.29) is 5.56 Å². The minimum Gasteiger partial charge on any atom is -0.497 e. The first-order valence-electron chi connectivity index (χ1n) is 5.90. The molecule has 0 radical (unpaired) electrons. The Labute approximate surface area is 125 Å². The number of hydrogen-bond acceptors (Lipinski definition) is 2. The number of carbonyl (C=O) groups excluding carboxylic acids is 1. The van der Waals surface area contributed by atoms with Crippen LogP contribution >= 0.6 is 15.9 Å². The first kappa shape index (κ1) is 14.5. The van der Waals surface area contributed by atoms with E-state index in [4.69, 9.17) is 4.74 Å². The molecule has 0 unspecified atom stereocenters. The van der Waals surface area contributed by atoms with Gasteiger partial charge < -0.3 is 9.64 Å². The third kappa shape index (κ3) is 2.99. The Kier molecular flexibility index (Phi) is 4.39. The van der Waals surface area contributed by atoms with Crippen molar-refractivity contribution in [2.45, 2.75) is 0 Å². The molecule has 5 heteroatoms. The Balaban J connectivity index is 2.29. The number of ether oxygens (including phenoxy) is 1. The number of benzene rings is 2. The Morgan fingerprint density at radius 3 is 2.45 bits per heavy atom. The van der Waals surface area contributed by atoms with Crippen molar-refractivity contribution in [1.29, 1.82) is 0 Å². The highest BCUT2D eigenvalue weighted by atomic mass is 79.9. The Morgan fingerprint density at radius 2 is 1.85 bits per heavy atom. The maximum Gasteiger partial charge on any atom is 0.261 e. The minimum absolute atomic E-state index is 0.0256. The molecule has 0 fully saturated rings. The number of hydrogen-bond donors (Lipinski definition) is 0. The molecule has 20 heavy (non-hydrogen) atoms. The van der Waals surface area contributed by atoms with E-state index in [0.29, 0.717) is 15.9 Å². The summed E-state index contributed by atoms with van der Waals surface area (Å²) in [5.74, 6) is -0.254. The molecule has 2 aromatic rings. The van der Waals surface area contributed by atoms with E-state index in [1.54, 1.807) is 44.5 Å². The number of nitrogens with zero attached hydrogens (tertiary/aromatic N) is 1. The van der Waals surface area contributed by atoms with Crippen molar-refractivity contribution in [3.8, 4) is 5.75 Å². The monoisotopic (exact) mass is 337 g/mol. The number of amides is 1. The lowest BCUT2D eigenvalue weighted by Crippen LogP contribution is -2.27. The van der Waals surface area contributed by atoms with Gasteiger partial charge in [-0.05, 0) is 42.5 Å². The lowest BCUT2D eigenvalue weighted by molar-refractivity contribution is 0.0989. The van der Waals surface area contributed by atoms with Gasteiger partial charge in [0.05, 0.1) is 12.7 Å². The van der Waals surface area contributed by atoms with Gasteiger partial charge in [0.2, 0.25) is 0 Å². The summed E-state index contributed by atoms with van der Waals surface area (Å²) in [6.45, 7) is 0. The van der Waals surface area contributed by atoms with Crippen molar-refractivity contribution < 1.29 is 13.9 Å². The smallest absolute Gasteiger partial charge is 0.261 e. The molecule has 1 amide bonds. The summed E-state index contributed by atoms with van der Waals surface area (Å²) in [4.78, 5) is 13.7. The molecule has 3 nitrogen and oxygen atoms in total. The highest BCUT2D eigenvalue weighted by Gasteiger charge is 2.17. The van der Waals surface area contributed by atoms with Gasteiger partial charge in [0, 0.05) is 17.2 Å². The summed E-state index contributed by atoms with van der Waals surface area (Å²) < 4.78 is 19.4. The molecular formula is C15H13BrFNO2. The molecule has 0 N–H and O–H groups in total. The molecule has 0 atom stereocenters. The van der Waals surface area contributed by atoms with Crippen LogP contribution in [0, 0.1) is 5.82 Å². The number of methoxy groups -OCH3 is 1. The number of rotatable bonds is 3. The van der Waals surface area contributed by atoms with Gasteiger partial charge in [-0.15, -0.1) is 0 Å². The van der Waals surface area contributed by atoms with Gasteiger partial charge in [0.1, 0.15) is 11.6 Å². The molecule has 0 heterocycles. The van der Waals surface area contributed by atoms with E-state index in [9.17, 15) is 9.18 Å².